The molecule has 1 N–H and O–H groups in total. The van der Waals surface area contributed by atoms with Crippen molar-refractivity contribution in [3.05, 3.63) is 18.5 Å². The average molecular weight is 266 g/mol. The van der Waals surface area contributed by atoms with Gasteiger partial charge in [-0.15, -0.1) is 0 Å². The van der Waals surface area contributed by atoms with Gasteiger partial charge in [-0.3, -0.25) is 9.48 Å². The zero-order chi connectivity index (χ0) is 14.4. The largest absolute Gasteiger partial charge is 0.337 e. The van der Waals surface area contributed by atoms with Crippen molar-refractivity contribution in [2.75, 3.05) is 6.54 Å². The molecule has 19 heavy (non-hydrogen) atoms. The summed E-state index contributed by atoms with van der Waals surface area (Å²) in [7, 11) is 0. The molecule has 0 bridgehead atoms. The summed E-state index contributed by atoms with van der Waals surface area (Å²) in [4.78, 5) is 14.3. The summed E-state index contributed by atoms with van der Waals surface area (Å²) in [5.41, 5.74) is 0. The lowest BCUT2D eigenvalue weighted by molar-refractivity contribution is -0.136. The number of amides is 1. The quantitative estimate of drug-likeness (QED) is 0.814. The molecule has 0 aliphatic rings. The van der Waals surface area contributed by atoms with Crippen molar-refractivity contribution in [2.24, 2.45) is 0 Å². The lowest BCUT2D eigenvalue weighted by Crippen LogP contribution is -2.51. The van der Waals surface area contributed by atoms with Crippen molar-refractivity contribution in [1.82, 2.24) is 20.0 Å². The summed E-state index contributed by atoms with van der Waals surface area (Å²) in [5.74, 6) is 0.158. The van der Waals surface area contributed by atoms with Crippen molar-refractivity contribution in [3.63, 3.8) is 0 Å². The topological polar surface area (TPSA) is 50.2 Å². The molecule has 1 aromatic rings. The fourth-order valence-corrected chi connectivity index (χ4v) is 2.24. The fraction of sp³-hybridized carbons (Fsp3) is 0.714. The molecule has 0 radical (unpaired) electrons. The second kappa shape index (κ2) is 7.28. The van der Waals surface area contributed by atoms with Gasteiger partial charge in [0, 0.05) is 31.0 Å². The van der Waals surface area contributed by atoms with E-state index < -0.39 is 0 Å². The van der Waals surface area contributed by atoms with Crippen LogP contribution in [0.3, 0.4) is 0 Å². The maximum Gasteiger partial charge on any atom is 0.239 e. The van der Waals surface area contributed by atoms with Crippen LogP contribution in [-0.2, 0) is 11.3 Å². The van der Waals surface area contributed by atoms with Crippen LogP contribution < -0.4 is 5.32 Å². The molecule has 1 unspecified atom stereocenters. The lowest BCUT2D eigenvalue weighted by Gasteiger charge is -2.33. The number of carbonyl (C=O) groups excluding carboxylic acids is 1. The Morgan fingerprint density at radius 2 is 1.89 bits per heavy atom. The third kappa shape index (κ3) is 4.67. The first-order chi connectivity index (χ1) is 8.93. The molecule has 0 spiro atoms. The predicted octanol–water partition coefficient (Wildman–Crippen LogP) is 1.51. The molecular formula is C14H26N4O. The van der Waals surface area contributed by atoms with Crippen LogP contribution >= 0.6 is 0 Å². The van der Waals surface area contributed by atoms with Gasteiger partial charge in [0.15, 0.2) is 0 Å². The van der Waals surface area contributed by atoms with Crippen LogP contribution in [0.4, 0.5) is 0 Å². The van der Waals surface area contributed by atoms with Gasteiger partial charge in [-0.2, -0.15) is 5.10 Å². The summed E-state index contributed by atoms with van der Waals surface area (Å²) in [5, 5.41) is 7.39. The molecule has 1 rings (SSSR count). The van der Waals surface area contributed by atoms with Gasteiger partial charge in [0.05, 0.1) is 12.6 Å². The molecule has 0 saturated carbocycles. The van der Waals surface area contributed by atoms with Crippen LogP contribution in [0.15, 0.2) is 18.5 Å². The molecule has 0 aromatic carbocycles. The van der Waals surface area contributed by atoms with E-state index in [0.29, 0.717) is 0 Å². The molecule has 1 aromatic heterocycles. The second-order valence-corrected chi connectivity index (χ2v) is 5.38. The van der Waals surface area contributed by atoms with Crippen LogP contribution in [0.2, 0.25) is 0 Å². The second-order valence-electron chi connectivity index (χ2n) is 5.38. The third-order valence-corrected chi connectivity index (χ3v) is 3.09. The van der Waals surface area contributed by atoms with Crippen molar-refractivity contribution >= 4 is 5.91 Å². The molecule has 108 valence electrons. The number of rotatable bonds is 7. The Labute approximate surface area is 116 Å². The Hall–Kier alpha value is -1.36. The molecular weight excluding hydrogens is 240 g/mol. The maximum atomic E-state index is 12.4. The van der Waals surface area contributed by atoms with E-state index in [9.17, 15) is 4.79 Å². The highest BCUT2D eigenvalue weighted by Gasteiger charge is 2.24. The molecule has 0 fully saturated rings. The smallest absolute Gasteiger partial charge is 0.239 e. The SMILES string of the molecule is CC(NCCn1cccn1)C(=O)N(C(C)C)C(C)C. The first-order valence-corrected chi connectivity index (χ1v) is 6.96. The Bertz CT molecular complexity index is 365. The number of aromatic nitrogens is 2. The molecule has 1 heterocycles. The summed E-state index contributed by atoms with van der Waals surface area (Å²) >= 11 is 0. The van der Waals surface area contributed by atoms with E-state index in [-0.39, 0.29) is 24.0 Å². The molecule has 1 atom stereocenters. The number of hydrogen-bond donors (Lipinski definition) is 1. The molecule has 0 aliphatic carbocycles. The normalized spacial score (nSPS) is 13.0. The highest BCUT2D eigenvalue weighted by Crippen LogP contribution is 2.07. The van der Waals surface area contributed by atoms with Gasteiger partial charge in [-0.05, 0) is 40.7 Å². The van der Waals surface area contributed by atoms with Gasteiger partial charge in [-0.25, -0.2) is 0 Å². The van der Waals surface area contributed by atoms with Gasteiger partial charge < -0.3 is 10.2 Å². The van der Waals surface area contributed by atoms with E-state index in [1.54, 1.807) is 6.20 Å². The first kappa shape index (κ1) is 15.7. The summed E-state index contributed by atoms with van der Waals surface area (Å²) in [6.07, 6.45) is 3.68. The minimum absolute atomic E-state index is 0.158. The lowest BCUT2D eigenvalue weighted by atomic mass is 10.2. The van der Waals surface area contributed by atoms with Crippen molar-refractivity contribution in [2.45, 2.75) is 59.3 Å². The van der Waals surface area contributed by atoms with Gasteiger partial charge in [0.25, 0.3) is 0 Å². The first-order valence-electron chi connectivity index (χ1n) is 6.96. The summed E-state index contributed by atoms with van der Waals surface area (Å²) in [6, 6.07) is 2.18. The van der Waals surface area contributed by atoms with Crippen molar-refractivity contribution < 1.29 is 4.79 Å². The van der Waals surface area contributed by atoms with E-state index in [1.807, 2.05) is 56.5 Å². The summed E-state index contributed by atoms with van der Waals surface area (Å²) < 4.78 is 1.85. The monoisotopic (exact) mass is 266 g/mol. The zero-order valence-corrected chi connectivity index (χ0v) is 12.6. The standard InChI is InChI=1S/C14H26N4O/c1-11(2)18(12(3)4)14(19)13(5)15-8-10-17-9-6-7-16-17/h6-7,9,11-13,15H,8,10H2,1-5H3. The maximum absolute atomic E-state index is 12.4. The minimum Gasteiger partial charge on any atom is -0.337 e. The van der Waals surface area contributed by atoms with Crippen LogP contribution in [0.5, 0.6) is 0 Å². The average Bonchev–Trinajstić information content (AvgIpc) is 2.80. The highest BCUT2D eigenvalue weighted by atomic mass is 16.2. The number of nitrogens with zero attached hydrogens (tertiary/aromatic N) is 3. The van der Waals surface area contributed by atoms with E-state index in [0.717, 1.165) is 13.1 Å². The van der Waals surface area contributed by atoms with E-state index in [1.165, 1.54) is 0 Å². The fourth-order valence-electron chi connectivity index (χ4n) is 2.24. The van der Waals surface area contributed by atoms with Gasteiger partial charge in [0.1, 0.15) is 0 Å². The highest BCUT2D eigenvalue weighted by molar-refractivity contribution is 5.82. The molecule has 5 nitrogen and oxygen atoms in total. The van der Waals surface area contributed by atoms with Gasteiger partial charge in [-0.1, -0.05) is 0 Å². The molecule has 0 aliphatic heterocycles. The Kier molecular flexibility index (Phi) is 6.02. The summed E-state index contributed by atoms with van der Waals surface area (Å²) in [6.45, 7) is 11.6. The molecule has 0 saturated heterocycles. The van der Waals surface area contributed by atoms with Crippen LogP contribution in [0.1, 0.15) is 34.6 Å². The van der Waals surface area contributed by atoms with E-state index in [2.05, 4.69) is 10.4 Å². The van der Waals surface area contributed by atoms with Crippen LogP contribution in [0.25, 0.3) is 0 Å². The Morgan fingerprint density at radius 3 is 2.37 bits per heavy atom. The minimum atomic E-state index is -0.166. The molecule has 1 amide bonds. The third-order valence-electron chi connectivity index (χ3n) is 3.09. The number of hydrogen-bond acceptors (Lipinski definition) is 3. The van der Waals surface area contributed by atoms with Crippen molar-refractivity contribution in [1.29, 1.82) is 0 Å². The van der Waals surface area contributed by atoms with Crippen LogP contribution in [0, 0.1) is 0 Å². The van der Waals surface area contributed by atoms with Gasteiger partial charge >= 0.3 is 0 Å². The predicted molar refractivity (Wildman–Crippen MR) is 76.8 cm³/mol. The Balaban J connectivity index is 2.43. The van der Waals surface area contributed by atoms with E-state index in [4.69, 9.17) is 0 Å². The van der Waals surface area contributed by atoms with Crippen molar-refractivity contribution in [3.8, 4) is 0 Å². The van der Waals surface area contributed by atoms with E-state index >= 15 is 0 Å². The Morgan fingerprint density at radius 1 is 1.26 bits per heavy atom. The van der Waals surface area contributed by atoms with Gasteiger partial charge in [0.2, 0.25) is 5.91 Å². The zero-order valence-electron chi connectivity index (χ0n) is 12.6. The number of carbonyl (C=O) groups is 1. The van der Waals surface area contributed by atoms with Crippen LogP contribution in [-0.4, -0.2) is 45.3 Å². The number of nitrogens with one attached hydrogen (secondary N) is 1. The molecule has 5 heteroatoms.